The highest BCUT2D eigenvalue weighted by molar-refractivity contribution is 7.11. The summed E-state index contributed by atoms with van der Waals surface area (Å²) in [4.78, 5) is 9.45. The summed E-state index contributed by atoms with van der Waals surface area (Å²) >= 11 is 1.90. The van der Waals surface area contributed by atoms with Gasteiger partial charge in [0.2, 0.25) is 0 Å². The van der Waals surface area contributed by atoms with Crippen LogP contribution in [0.3, 0.4) is 0 Å². The number of ether oxygens (including phenoxy) is 2. The molecule has 4 rings (SSSR count). The van der Waals surface area contributed by atoms with E-state index in [2.05, 4.69) is 28.9 Å². The van der Waals surface area contributed by atoms with E-state index in [1.807, 2.05) is 35.9 Å². The van der Waals surface area contributed by atoms with Crippen molar-refractivity contribution in [2.75, 3.05) is 13.2 Å². The Kier molecular flexibility index (Phi) is 4.94. The van der Waals surface area contributed by atoms with Crippen molar-refractivity contribution in [2.45, 2.75) is 51.2 Å². The molecule has 4 nitrogen and oxygen atoms in total. The standard InChI is InChI=1S/C19H24N2O2S/c1-14-2-3-16(24-14)12-21-10-11-22-18-5-4-17(21)19(18)23-13-15-6-8-20-9-7-15/h2-3,6-9,17-19H,4-5,10-13H2,1H3/t17-,18-,19-/m0/s1. The number of rotatable bonds is 5. The molecule has 1 aliphatic carbocycles. The van der Waals surface area contributed by atoms with E-state index < -0.39 is 0 Å². The van der Waals surface area contributed by atoms with Crippen LogP contribution in [0.15, 0.2) is 36.7 Å². The summed E-state index contributed by atoms with van der Waals surface area (Å²) in [6.07, 6.45) is 6.32. The minimum absolute atomic E-state index is 0.168. The number of thiophene rings is 1. The third kappa shape index (κ3) is 3.54. The molecule has 2 fully saturated rings. The summed E-state index contributed by atoms with van der Waals surface area (Å²) in [5.41, 5.74) is 1.18. The number of fused-ring (bicyclic) bond motifs is 2. The van der Waals surface area contributed by atoms with Gasteiger partial charge in [-0.05, 0) is 49.6 Å². The van der Waals surface area contributed by atoms with Crippen LogP contribution in [-0.4, -0.2) is 41.3 Å². The zero-order valence-corrected chi connectivity index (χ0v) is 14.9. The first-order valence-electron chi connectivity index (χ1n) is 8.71. The van der Waals surface area contributed by atoms with Crippen LogP contribution in [0.2, 0.25) is 0 Å². The van der Waals surface area contributed by atoms with Crippen LogP contribution >= 0.6 is 11.3 Å². The molecule has 0 amide bonds. The van der Waals surface area contributed by atoms with Crippen molar-refractivity contribution < 1.29 is 9.47 Å². The molecule has 3 heterocycles. The second-order valence-electron chi connectivity index (χ2n) is 6.67. The van der Waals surface area contributed by atoms with Crippen molar-refractivity contribution in [2.24, 2.45) is 0 Å². The largest absolute Gasteiger partial charge is 0.374 e. The van der Waals surface area contributed by atoms with Crippen molar-refractivity contribution in [3.63, 3.8) is 0 Å². The highest BCUT2D eigenvalue weighted by atomic mass is 32.1. The lowest BCUT2D eigenvalue weighted by Crippen LogP contribution is -2.42. The van der Waals surface area contributed by atoms with Crippen LogP contribution in [-0.2, 0) is 22.6 Å². The number of hydrogen-bond acceptors (Lipinski definition) is 5. The Hall–Kier alpha value is -1.27. The molecule has 0 spiro atoms. The fourth-order valence-corrected chi connectivity index (χ4v) is 4.74. The molecule has 0 unspecified atom stereocenters. The Morgan fingerprint density at radius 2 is 2.12 bits per heavy atom. The van der Waals surface area contributed by atoms with Gasteiger partial charge in [-0.1, -0.05) is 0 Å². The predicted molar refractivity (Wildman–Crippen MR) is 95.0 cm³/mol. The first-order chi connectivity index (χ1) is 11.8. The topological polar surface area (TPSA) is 34.6 Å². The minimum atomic E-state index is 0.168. The van der Waals surface area contributed by atoms with Gasteiger partial charge in [0.05, 0.1) is 25.4 Å². The Morgan fingerprint density at radius 3 is 2.92 bits per heavy atom. The molecule has 1 saturated carbocycles. The minimum Gasteiger partial charge on any atom is -0.374 e. The molecule has 0 aromatic carbocycles. The molecule has 24 heavy (non-hydrogen) atoms. The second kappa shape index (κ2) is 7.31. The van der Waals surface area contributed by atoms with E-state index in [0.717, 1.165) is 32.5 Å². The molecular weight excluding hydrogens is 320 g/mol. The zero-order valence-electron chi connectivity index (χ0n) is 14.1. The van der Waals surface area contributed by atoms with Crippen molar-refractivity contribution in [3.05, 3.63) is 52.0 Å². The molecule has 2 aromatic rings. The van der Waals surface area contributed by atoms with Gasteiger partial charge in [0, 0.05) is 41.3 Å². The number of hydrogen-bond donors (Lipinski definition) is 0. The van der Waals surface area contributed by atoms with Gasteiger partial charge in [-0.3, -0.25) is 9.88 Å². The Labute approximate surface area is 147 Å². The normalized spacial score (nSPS) is 27.3. The van der Waals surface area contributed by atoms with Gasteiger partial charge in [-0.25, -0.2) is 0 Å². The van der Waals surface area contributed by atoms with Crippen LogP contribution in [0.5, 0.6) is 0 Å². The summed E-state index contributed by atoms with van der Waals surface area (Å²) in [6, 6.07) is 8.97. The Balaban J connectivity index is 1.45. The van der Waals surface area contributed by atoms with E-state index in [1.54, 1.807) is 0 Å². The van der Waals surface area contributed by atoms with Crippen LogP contribution in [0, 0.1) is 6.92 Å². The summed E-state index contributed by atoms with van der Waals surface area (Å²) in [5, 5.41) is 0. The molecule has 2 bridgehead atoms. The van der Waals surface area contributed by atoms with Gasteiger partial charge < -0.3 is 9.47 Å². The maximum Gasteiger partial charge on any atom is 0.0995 e. The van der Waals surface area contributed by atoms with E-state index >= 15 is 0 Å². The fourth-order valence-electron chi connectivity index (χ4n) is 3.82. The van der Waals surface area contributed by atoms with Crippen molar-refractivity contribution >= 4 is 11.3 Å². The number of aryl methyl sites for hydroxylation is 1. The van der Waals surface area contributed by atoms with E-state index in [0.29, 0.717) is 12.6 Å². The number of nitrogens with zero attached hydrogens (tertiary/aromatic N) is 2. The van der Waals surface area contributed by atoms with E-state index in [-0.39, 0.29) is 12.2 Å². The first-order valence-corrected chi connectivity index (χ1v) is 9.53. The van der Waals surface area contributed by atoms with Gasteiger partial charge in [0.1, 0.15) is 0 Å². The van der Waals surface area contributed by atoms with Gasteiger partial charge in [0.15, 0.2) is 0 Å². The van der Waals surface area contributed by atoms with Crippen molar-refractivity contribution in [1.29, 1.82) is 0 Å². The lowest BCUT2D eigenvalue weighted by atomic mass is 10.1. The van der Waals surface area contributed by atoms with Crippen LogP contribution < -0.4 is 0 Å². The molecule has 128 valence electrons. The smallest absolute Gasteiger partial charge is 0.0995 e. The SMILES string of the molecule is Cc1ccc(CN2CCO[C@H]3CC[C@H]2[C@@H]3OCc2ccncc2)s1. The van der Waals surface area contributed by atoms with Gasteiger partial charge in [-0.2, -0.15) is 0 Å². The highest BCUT2D eigenvalue weighted by Gasteiger charge is 2.43. The molecule has 0 N–H and O–H groups in total. The van der Waals surface area contributed by atoms with Gasteiger partial charge in [-0.15, -0.1) is 11.3 Å². The number of pyridine rings is 1. The average Bonchev–Trinajstić information content (AvgIpc) is 3.13. The maximum absolute atomic E-state index is 6.32. The van der Waals surface area contributed by atoms with Gasteiger partial charge in [0.25, 0.3) is 0 Å². The highest BCUT2D eigenvalue weighted by Crippen LogP contribution is 2.34. The Bertz CT molecular complexity index is 660. The van der Waals surface area contributed by atoms with Crippen molar-refractivity contribution in [3.8, 4) is 0 Å². The molecule has 3 atom stereocenters. The second-order valence-corrected chi connectivity index (χ2v) is 8.04. The summed E-state index contributed by atoms with van der Waals surface area (Å²) in [5.74, 6) is 0. The third-order valence-electron chi connectivity index (χ3n) is 5.02. The molecular formula is C19H24N2O2S. The molecule has 1 saturated heterocycles. The van der Waals surface area contributed by atoms with Crippen LogP contribution in [0.4, 0.5) is 0 Å². The summed E-state index contributed by atoms with van der Waals surface area (Å²) in [6.45, 7) is 5.61. The average molecular weight is 344 g/mol. The monoisotopic (exact) mass is 344 g/mol. The number of aromatic nitrogens is 1. The Morgan fingerprint density at radius 1 is 1.25 bits per heavy atom. The molecule has 0 radical (unpaired) electrons. The van der Waals surface area contributed by atoms with Crippen LogP contribution in [0.25, 0.3) is 0 Å². The lowest BCUT2D eigenvalue weighted by Gasteiger charge is -2.30. The van der Waals surface area contributed by atoms with Crippen molar-refractivity contribution in [1.82, 2.24) is 9.88 Å². The molecule has 1 aliphatic heterocycles. The predicted octanol–water partition coefficient (Wildman–Crippen LogP) is 3.40. The fraction of sp³-hybridized carbons (Fsp3) is 0.526. The summed E-state index contributed by atoms with van der Waals surface area (Å²) < 4.78 is 12.4. The summed E-state index contributed by atoms with van der Waals surface area (Å²) in [7, 11) is 0. The van der Waals surface area contributed by atoms with E-state index in [4.69, 9.17) is 9.47 Å². The van der Waals surface area contributed by atoms with Crippen LogP contribution in [0.1, 0.15) is 28.2 Å². The maximum atomic E-state index is 6.32. The lowest BCUT2D eigenvalue weighted by molar-refractivity contribution is -0.0613. The van der Waals surface area contributed by atoms with Gasteiger partial charge >= 0.3 is 0 Å². The molecule has 5 heteroatoms. The van der Waals surface area contributed by atoms with E-state index in [9.17, 15) is 0 Å². The first kappa shape index (κ1) is 16.2. The zero-order chi connectivity index (χ0) is 16.4. The molecule has 2 aliphatic rings. The quantitative estimate of drug-likeness (QED) is 0.833. The van der Waals surface area contributed by atoms with E-state index in [1.165, 1.54) is 15.3 Å². The third-order valence-corrected chi connectivity index (χ3v) is 6.00. The molecule has 2 aromatic heterocycles.